The second kappa shape index (κ2) is 4.16. The maximum absolute atomic E-state index is 11.0. The lowest BCUT2D eigenvalue weighted by Gasteiger charge is -2.15. The molecule has 86 valence electrons. The SMILES string of the molecule is CCC1(CNc2ccccc2C(=O)O)CC1. The Morgan fingerprint density at radius 3 is 2.69 bits per heavy atom. The zero-order valence-corrected chi connectivity index (χ0v) is 9.49. The van der Waals surface area contributed by atoms with Crippen LogP contribution in [0.2, 0.25) is 0 Å². The topological polar surface area (TPSA) is 49.3 Å². The van der Waals surface area contributed by atoms with E-state index >= 15 is 0 Å². The molecule has 16 heavy (non-hydrogen) atoms. The number of rotatable bonds is 5. The second-order valence-corrected chi connectivity index (χ2v) is 4.56. The molecular formula is C13H17NO2. The Kier molecular flexibility index (Phi) is 2.86. The summed E-state index contributed by atoms with van der Waals surface area (Å²) in [6.45, 7) is 3.07. The van der Waals surface area contributed by atoms with Crippen LogP contribution in [0.4, 0.5) is 5.69 Å². The fourth-order valence-corrected chi connectivity index (χ4v) is 1.94. The first-order valence-corrected chi connectivity index (χ1v) is 5.73. The highest BCUT2D eigenvalue weighted by atomic mass is 16.4. The number of nitrogens with one attached hydrogen (secondary N) is 1. The third-order valence-corrected chi connectivity index (χ3v) is 3.52. The predicted molar refractivity (Wildman–Crippen MR) is 63.8 cm³/mol. The number of carbonyl (C=O) groups is 1. The average Bonchev–Trinajstić information content (AvgIpc) is 3.07. The van der Waals surface area contributed by atoms with Crippen molar-refractivity contribution in [2.75, 3.05) is 11.9 Å². The van der Waals surface area contributed by atoms with Crippen LogP contribution in [0.3, 0.4) is 0 Å². The molecule has 1 aromatic rings. The lowest BCUT2D eigenvalue weighted by molar-refractivity contribution is 0.0698. The van der Waals surface area contributed by atoms with Gasteiger partial charge in [0.2, 0.25) is 0 Å². The maximum Gasteiger partial charge on any atom is 0.337 e. The Balaban J connectivity index is 2.06. The van der Waals surface area contributed by atoms with E-state index in [0.717, 1.165) is 18.7 Å². The van der Waals surface area contributed by atoms with Gasteiger partial charge < -0.3 is 10.4 Å². The number of para-hydroxylation sites is 1. The van der Waals surface area contributed by atoms with Gasteiger partial charge in [-0.2, -0.15) is 0 Å². The zero-order chi connectivity index (χ0) is 11.6. The molecule has 0 bridgehead atoms. The van der Waals surface area contributed by atoms with Crippen molar-refractivity contribution in [3.05, 3.63) is 29.8 Å². The molecule has 0 aromatic heterocycles. The lowest BCUT2D eigenvalue weighted by atomic mass is 10.0. The zero-order valence-electron chi connectivity index (χ0n) is 9.49. The summed E-state index contributed by atoms with van der Waals surface area (Å²) in [6.07, 6.45) is 3.67. The minimum absolute atomic E-state index is 0.356. The van der Waals surface area contributed by atoms with Crippen LogP contribution in [0.5, 0.6) is 0 Å². The molecule has 0 atom stereocenters. The summed E-state index contributed by atoms with van der Waals surface area (Å²) in [7, 11) is 0. The van der Waals surface area contributed by atoms with Crippen LogP contribution < -0.4 is 5.32 Å². The molecule has 0 saturated heterocycles. The van der Waals surface area contributed by atoms with Crippen molar-refractivity contribution in [3.63, 3.8) is 0 Å². The van der Waals surface area contributed by atoms with Crippen LogP contribution in [0.25, 0.3) is 0 Å². The number of hydrogen-bond donors (Lipinski definition) is 2. The van der Waals surface area contributed by atoms with Gasteiger partial charge in [0.25, 0.3) is 0 Å². The molecule has 0 amide bonds. The molecule has 0 aliphatic heterocycles. The Bertz CT molecular complexity index is 397. The van der Waals surface area contributed by atoms with Gasteiger partial charge in [0, 0.05) is 12.2 Å². The van der Waals surface area contributed by atoms with Gasteiger partial charge in [-0.3, -0.25) is 0 Å². The van der Waals surface area contributed by atoms with Gasteiger partial charge in [0.1, 0.15) is 0 Å². The van der Waals surface area contributed by atoms with E-state index < -0.39 is 5.97 Å². The minimum atomic E-state index is -0.871. The summed E-state index contributed by atoms with van der Waals surface area (Å²) in [5, 5.41) is 12.3. The van der Waals surface area contributed by atoms with Crippen molar-refractivity contribution >= 4 is 11.7 Å². The summed E-state index contributed by atoms with van der Waals surface area (Å²) < 4.78 is 0. The predicted octanol–water partition coefficient (Wildman–Crippen LogP) is 2.99. The highest BCUT2D eigenvalue weighted by molar-refractivity contribution is 5.94. The van der Waals surface area contributed by atoms with Crippen LogP contribution >= 0.6 is 0 Å². The van der Waals surface area contributed by atoms with E-state index in [-0.39, 0.29) is 0 Å². The molecule has 3 nitrogen and oxygen atoms in total. The summed E-state index contributed by atoms with van der Waals surface area (Å²) in [5.74, 6) is -0.871. The summed E-state index contributed by atoms with van der Waals surface area (Å²) in [6, 6.07) is 7.08. The number of aromatic carboxylic acids is 1. The molecule has 3 heteroatoms. The summed E-state index contributed by atoms with van der Waals surface area (Å²) in [5.41, 5.74) is 1.51. The third kappa shape index (κ3) is 2.18. The van der Waals surface area contributed by atoms with Gasteiger partial charge in [-0.1, -0.05) is 19.1 Å². The van der Waals surface area contributed by atoms with E-state index in [4.69, 9.17) is 5.11 Å². The first-order valence-electron chi connectivity index (χ1n) is 5.73. The number of benzene rings is 1. The number of hydrogen-bond acceptors (Lipinski definition) is 2. The molecule has 0 spiro atoms. The summed E-state index contributed by atoms with van der Waals surface area (Å²) in [4.78, 5) is 11.0. The van der Waals surface area contributed by atoms with Crippen LogP contribution in [-0.4, -0.2) is 17.6 Å². The van der Waals surface area contributed by atoms with E-state index in [9.17, 15) is 4.79 Å². The largest absolute Gasteiger partial charge is 0.478 e. The molecule has 1 aliphatic carbocycles. The monoisotopic (exact) mass is 219 g/mol. The third-order valence-electron chi connectivity index (χ3n) is 3.52. The van der Waals surface area contributed by atoms with Crippen LogP contribution in [0.1, 0.15) is 36.5 Å². The average molecular weight is 219 g/mol. The van der Waals surface area contributed by atoms with Crippen molar-refractivity contribution < 1.29 is 9.90 Å². The van der Waals surface area contributed by atoms with Gasteiger partial charge in [0.15, 0.2) is 0 Å². The molecule has 0 radical (unpaired) electrons. The fraction of sp³-hybridized carbons (Fsp3) is 0.462. The standard InChI is InChI=1S/C13H17NO2/c1-2-13(7-8-13)9-14-11-6-4-3-5-10(11)12(15)16/h3-6,14H,2,7-9H2,1H3,(H,15,16). The highest BCUT2D eigenvalue weighted by Crippen LogP contribution is 2.48. The van der Waals surface area contributed by atoms with Crippen molar-refractivity contribution in [2.45, 2.75) is 26.2 Å². The molecule has 1 aliphatic rings. The number of carboxylic acids is 1. The Morgan fingerprint density at radius 2 is 2.12 bits per heavy atom. The second-order valence-electron chi connectivity index (χ2n) is 4.56. The van der Waals surface area contributed by atoms with Crippen LogP contribution in [0, 0.1) is 5.41 Å². The highest BCUT2D eigenvalue weighted by Gasteiger charge is 2.40. The van der Waals surface area contributed by atoms with Crippen molar-refractivity contribution in [1.29, 1.82) is 0 Å². The van der Waals surface area contributed by atoms with E-state index in [1.807, 2.05) is 12.1 Å². The Hall–Kier alpha value is -1.51. The van der Waals surface area contributed by atoms with Gasteiger partial charge in [-0.25, -0.2) is 4.79 Å². The van der Waals surface area contributed by atoms with E-state index in [2.05, 4.69) is 12.2 Å². The van der Waals surface area contributed by atoms with Gasteiger partial charge in [-0.15, -0.1) is 0 Å². The van der Waals surface area contributed by atoms with Gasteiger partial charge in [0.05, 0.1) is 5.56 Å². The summed E-state index contributed by atoms with van der Waals surface area (Å²) >= 11 is 0. The van der Waals surface area contributed by atoms with E-state index in [1.54, 1.807) is 12.1 Å². The van der Waals surface area contributed by atoms with Gasteiger partial charge >= 0.3 is 5.97 Å². The molecule has 0 heterocycles. The number of carboxylic acid groups (broad SMARTS) is 1. The quantitative estimate of drug-likeness (QED) is 0.800. The van der Waals surface area contributed by atoms with Crippen molar-refractivity contribution in [3.8, 4) is 0 Å². The smallest absolute Gasteiger partial charge is 0.337 e. The van der Waals surface area contributed by atoms with E-state index in [1.165, 1.54) is 12.8 Å². The first kappa shape index (κ1) is 11.0. The molecule has 0 unspecified atom stereocenters. The van der Waals surface area contributed by atoms with Crippen LogP contribution in [-0.2, 0) is 0 Å². The molecule has 1 fully saturated rings. The Labute approximate surface area is 95.5 Å². The van der Waals surface area contributed by atoms with E-state index in [0.29, 0.717) is 11.0 Å². The fourth-order valence-electron chi connectivity index (χ4n) is 1.94. The molecule has 2 rings (SSSR count). The maximum atomic E-state index is 11.0. The Morgan fingerprint density at radius 1 is 1.44 bits per heavy atom. The van der Waals surface area contributed by atoms with Crippen LogP contribution in [0.15, 0.2) is 24.3 Å². The minimum Gasteiger partial charge on any atom is -0.478 e. The van der Waals surface area contributed by atoms with Crippen molar-refractivity contribution in [1.82, 2.24) is 0 Å². The molecular weight excluding hydrogens is 202 g/mol. The molecule has 1 aromatic carbocycles. The van der Waals surface area contributed by atoms with Crippen molar-refractivity contribution in [2.24, 2.45) is 5.41 Å². The normalized spacial score (nSPS) is 16.8. The molecule has 1 saturated carbocycles. The molecule has 2 N–H and O–H groups in total. The number of anilines is 1. The van der Waals surface area contributed by atoms with Gasteiger partial charge in [-0.05, 0) is 36.8 Å². The first-order chi connectivity index (χ1) is 7.67. The lowest BCUT2D eigenvalue weighted by Crippen LogP contribution is -2.16.